The minimum atomic E-state index is -0.480. The smallest absolute Gasteiger partial charge is 0.227 e. The van der Waals surface area contributed by atoms with Gasteiger partial charge in [-0.1, -0.05) is 0 Å². The van der Waals surface area contributed by atoms with E-state index in [4.69, 9.17) is 19.9 Å². The van der Waals surface area contributed by atoms with Crippen molar-refractivity contribution in [3.8, 4) is 0 Å². The Balaban J connectivity index is 1.92. The standard InChI is InChI=1S/C13H24N2O4/c1-17-13(4-7-19-10-13)9-15-11(16)12(8-14)2-5-18-6-3-12/h2-10,14H2,1H3,(H,15,16). The maximum absolute atomic E-state index is 12.4. The van der Waals surface area contributed by atoms with Gasteiger partial charge in [-0.2, -0.15) is 0 Å². The highest BCUT2D eigenvalue weighted by molar-refractivity contribution is 5.83. The van der Waals surface area contributed by atoms with Crippen LogP contribution in [0.1, 0.15) is 19.3 Å². The fourth-order valence-electron chi connectivity index (χ4n) is 2.68. The molecule has 2 saturated heterocycles. The maximum Gasteiger partial charge on any atom is 0.227 e. The predicted molar refractivity (Wildman–Crippen MR) is 69.7 cm³/mol. The molecule has 2 rings (SSSR count). The Bertz CT molecular complexity index is 310. The van der Waals surface area contributed by atoms with Crippen LogP contribution in [0.15, 0.2) is 0 Å². The van der Waals surface area contributed by atoms with Crippen LogP contribution >= 0.6 is 0 Å². The van der Waals surface area contributed by atoms with Gasteiger partial charge in [-0.15, -0.1) is 0 Å². The van der Waals surface area contributed by atoms with Crippen LogP contribution in [0.2, 0.25) is 0 Å². The third-order valence-corrected chi connectivity index (χ3v) is 4.39. The number of methoxy groups -OCH3 is 1. The number of carbonyl (C=O) groups excluding carboxylic acids is 1. The Morgan fingerprint density at radius 1 is 1.26 bits per heavy atom. The van der Waals surface area contributed by atoms with Gasteiger partial charge in [0.2, 0.25) is 5.91 Å². The van der Waals surface area contributed by atoms with E-state index in [9.17, 15) is 4.79 Å². The van der Waals surface area contributed by atoms with Crippen molar-refractivity contribution in [1.82, 2.24) is 5.32 Å². The van der Waals surface area contributed by atoms with Crippen molar-refractivity contribution in [3.05, 3.63) is 0 Å². The SMILES string of the molecule is COC1(CNC(=O)C2(CN)CCOCC2)CCOC1. The van der Waals surface area contributed by atoms with Crippen molar-refractivity contribution in [3.63, 3.8) is 0 Å². The van der Waals surface area contributed by atoms with E-state index in [0.29, 0.717) is 52.4 Å². The molecule has 2 fully saturated rings. The third kappa shape index (κ3) is 3.08. The van der Waals surface area contributed by atoms with E-state index < -0.39 is 5.41 Å². The second kappa shape index (κ2) is 6.17. The first-order valence-electron chi connectivity index (χ1n) is 6.85. The molecule has 110 valence electrons. The lowest BCUT2D eigenvalue weighted by Crippen LogP contribution is -2.53. The number of nitrogens with one attached hydrogen (secondary N) is 1. The Morgan fingerprint density at radius 2 is 1.95 bits per heavy atom. The normalized spacial score (nSPS) is 30.2. The highest BCUT2D eigenvalue weighted by Crippen LogP contribution is 2.30. The fraction of sp³-hybridized carbons (Fsp3) is 0.923. The van der Waals surface area contributed by atoms with E-state index in [1.165, 1.54) is 0 Å². The Kier molecular flexibility index (Phi) is 4.78. The second-order valence-corrected chi connectivity index (χ2v) is 5.47. The first kappa shape index (κ1) is 14.7. The van der Waals surface area contributed by atoms with Crippen LogP contribution in [0.3, 0.4) is 0 Å². The molecular formula is C13H24N2O4. The molecule has 2 aliphatic rings. The number of hydrogen-bond donors (Lipinski definition) is 2. The molecule has 0 aliphatic carbocycles. The van der Waals surface area contributed by atoms with E-state index in [0.717, 1.165) is 6.42 Å². The van der Waals surface area contributed by atoms with Crippen molar-refractivity contribution in [2.45, 2.75) is 24.9 Å². The highest BCUT2D eigenvalue weighted by atomic mass is 16.5. The molecule has 1 atom stereocenters. The van der Waals surface area contributed by atoms with E-state index in [-0.39, 0.29) is 11.5 Å². The van der Waals surface area contributed by atoms with Gasteiger partial charge in [-0.05, 0) is 12.8 Å². The third-order valence-electron chi connectivity index (χ3n) is 4.39. The van der Waals surface area contributed by atoms with Gasteiger partial charge in [-0.3, -0.25) is 4.79 Å². The molecule has 3 N–H and O–H groups in total. The molecule has 2 heterocycles. The molecule has 0 aromatic heterocycles. The Labute approximate surface area is 113 Å². The topological polar surface area (TPSA) is 82.8 Å². The number of nitrogens with two attached hydrogens (primary N) is 1. The summed E-state index contributed by atoms with van der Waals surface area (Å²) in [4.78, 5) is 12.4. The first-order chi connectivity index (χ1) is 9.16. The zero-order valence-corrected chi connectivity index (χ0v) is 11.6. The molecule has 6 nitrogen and oxygen atoms in total. The van der Waals surface area contributed by atoms with Crippen molar-refractivity contribution < 1.29 is 19.0 Å². The lowest BCUT2D eigenvalue weighted by Gasteiger charge is -2.36. The van der Waals surface area contributed by atoms with Crippen LogP contribution in [-0.4, -0.2) is 58.1 Å². The number of amides is 1. The second-order valence-electron chi connectivity index (χ2n) is 5.47. The van der Waals surface area contributed by atoms with Gasteiger partial charge in [0, 0.05) is 46.4 Å². The predicted octanol–water partition coefficient (Wildman–Crippen LogP) is -0.336. The number of ether oxygens (including phenoxy) is 3. The van der Waals surface area contributed by atoms with Gasteiger partial charge in [0.05, 0.1) is 12.0 Å². The van der Waals surface area contributed by atoms with Gasteiger partial charge < -0.3 is 25.3 Å². The van der Waals surface area contributed by atoms with Gasteiger partial charge >= 0.3 is 0 Å². The van der Waals surface area contributed by atoms with Gasteiger partial charge in [0.25, 0.3) is 0 Å². The zero-order valence-electron chi connectivity index (χ0n) is 11.6. The highest BCUT2D eigenvalue weighted by Gasteiger charge is 2.41. The minimum absolute atomic E-state index is 0.0154. The van der Waals surface area contributed by atoms with Gasteiger partial charge in [-0.25, -0.2) is 0 Å². The largest absolute Gasteiger partial charge is 0.381 e. The van der Waals surface area contributed by atoms with Crippen LogP contribution in [0.4, 0.5) is 0 Å². The van der Waals surface area contributed by atoms with Crippen LogP contribution in [-0.2, 0) is 19.0 Å². The molecule has 1 amide bonds. The molecule has 0 spiro atoms. The Morgan fingerprint density at radius 3 is 2.47 bits per heavy atom. The van der Waals surface area contributed by atoms with Crippen molar-refractivity contribution in [2.75, 3.05) is 46.6 Å². The molecule has 1 unspecified atom stereocenters. The minimum Gasteiger partial charge on any atom is -0.381 e. The zero-order chi connectivity index (χ0) is 13.8. The van der Waals surface area contributed by atoms with Crippen molar-refractivity contribution in [1.29, 1.82) is 0 Å². The molecule has 2 aliphatic heterocycles. The summed E-state index contributed by atoms with van der Waals surface area (Å²) in [5.41, 5.74) is 4.96. The van der Waals surface area contributed by atoms with Gasteiger partial charge in [0.15, 0.2) is 0 Å². The maximum atomic E-state index is 12.4. The van der Waals surface area contributed by atoms with E-state index >= 15 is 0 Å². The van der Waals surface area contributed by atoms with Crippen LogP contribution in [0.25, 0.3) is 0 Å². The monoisotopic (exact) mass is 272 g/mol. The summed E-state index contributed by atoms with van der Waals surface area (Å²) in [6.45, 7) is 3.25. The summed E-state index contributed by atoms with van der Waals surface area (Å²) in [5.74, 6) is 0.0154. The molecule has 0 aromatic carbocycles. The molecule has 0 aromatic rings. The van der Waals surface area contributed by atoms with Crippen LogP contribution in [0.5, 0.6) is 0 Å². The van der Waals surface area contributed by atoms with E-state index in [2.05, 4.69) is 5.32 Å². The lowest BCUT2D eigenvalue weighted by atomic mass is 9.79. The summed E-state index contributed by atoms with van der Waals surface area (Å²) in [7, 11) is 1.66. The molecule has 6 heteroatoms. The lowest BCUT2D eigenvalue weighted by molar-refractivity contribution is -0.137. The average Bonchev–Trinajstić information content (AvgIpc) is 2.95. The molecule has 19 heavy (non-hydrogen) atoms. The summed E-state index contributed by atoms with van der Waals surface area (Å²) >= 11 is 0. The van der Waals surface area contributed by atoms with E-state index in [1.54, 1.807) is 7.11 Å². The van der Waals surface area contributed by atoms with Crippen LogP contribution < -0.4 is 11.1 Å². The summed E-state index contributed by atoms with van der Waals surface area (Å²) in [6.07, 6.45) is 2.18. The Hall–Kier alpha value is -0.690. The quantitative estimate of drug-likeness (QED) is 0.715. The van der Waals surface area contributed by atoms with Gasteiger partial charge in [0.1, 0.15) is 5.60 Å². The molecule has 0 radical (unpaired) electrons. The average molecular weight is 272 g/mol. The summed E-state index contributed by atoms with van der Waals surface area (Å²) in [5, 5.41) is 3.00. The fourth-order valence-corrected chi connectivity index (χ4v) is 2.68. The molecule has 0 saturated carbocycles. The van der Waals surface area contributed by atoms with E-state index in [1.807, 2.05) is 0 Å². The molecule has 0 bridgehead atoms. The number of hydrogen-bond acceptors (Lipinski definition) is 5. The summed E-state index contributed by atoms with van der Waals surface area (Å²) in [6, 6.07) is 0. The molecular weight excluding hydrogens is 248 g/mol. The van der Waals surface area contributed by atoms with Crippen molar-refractivity contribution >= 4 is 5.91 Å². The first-order valence-corrected chi connectivity index (χ1v) is 6.85. The van der Waals surface area contributed by atoms with Crippen LogP contribution in [0, 0.1) is 5.41 Å². The number of carbonyl (C=O) groups is 1. The summed E-state index contributed by atoms with van der Waals surface area (Å²) < 4.78 is 16.2. The van der Waals surface area contributed by atoms with Crippen molar-refractivity contribution in [2.24, 2.45) is 11.1 Å². The number of rotatable bonds is 5.